The number of carbonyl (C=O) groups is 1. The van der Waals surface area contributed by atoms with Gasteiger partial charge in [-0.3, -0.25) is 4.79 Å². The van der Waals surface area contributed by atoms with Crippen LogP contribution in [0.1, 0.15) is 19.4 Å². The van der Waals surface area contributed by atoms with Crippen LogP contribution in [0.5, 0.6) is 0 Å². The molecule has 0 fully saturated rings. The third-order valence-electron chi connectivity index (χ3n) is 4.02. The first-order valence-electron chi connectivity index (χ1n) is 8.43. The van der Waals surface area contributed by atoms with Crippen molar-refractivity contribution in [1.82, 2.24) is 4.31 Å². The summed E-state index contributed by atoms with van der Waals surface area (Å²) in [6, 6.07) is 13.7. The van der Waals surface area contributed by atoms with E-state index in [0.29, 0.717) is 5.69 Å². The van der Waals surface area contributed by atoms with Crippen LogP contribution in [0.2, 0.25) is 0 Å². The Hall–Kier alpha value is -2.38. The lowest BCUT2D eigenvalue weighted by Crippen LogP contribution is -2.32. The maximum absolute atomic E-state index is 12.4. The highest BCUT2D eigenvalue weighted by molar-refractivity contribution is 7.89. The number of carbonyl (C=O) groups excluding carboxylic acids is 1. The molecule has 0 heterocycles. The maximum Gasteiger partial charge on any atom is 0.246 e. The molecule has 140 valence electrons. The van der Waals surface area contributed by atoms with E-state index in [0.717, 1.165) is 16.4 Å². The number of amides is 1. The van der Waals surface area contributed by atoms with Gasteiger partial charge in [0.25, 0.3) is 0 Å². The molecule has 0 saturated heterocycles. The fourth-order valence-corrected chi connectivity index (χ4v) is 3.30. The monoisotopic (exact) mass is 375 g/mol. The third kappa shape index (κ3) is 4.83. The number of anilines is 2. The summed E-state index contributed by atoms with van der Waals surface area (Å²) in [7, 11) is -0.607. The Morgan fingerprint density at radius 3 is 2.31 bits per heavy atom. The number of aryl methyl sites for hydroxylation is 1. The van der Waals surface area contributed by atoms with Gasteiger partial charge >= 0.3 is 0 Å². The molecule has 7 heteroatoms. The quantitative estimate of drug-likeness (QED) is 0.780. The molecule has 1 amide bonds. The molecule has 1 atom stereocenters. The largest absolute Gasteiger partial charge is 0.374 e. The molecule has 0 bridgehead atoms. The minimum absolute atomic E-state index is 0.135. The Kier molecular flexibility index (Phi) is 6.39. The van der Waals surface area contributed by atoms with E-state index >= 15 is 0 Å². The lowest BCUT2D eigenvalue weighted by Gasteiger charge is -2.16. The van der Waals surface area contributed by atoms with Crippen molar-refractivity contribution in [3.8, 4) is 0 Å². The van der Waals surface area contributed by atoms with Crippen LogP contribution in [-0.2, 0) is 21.2 Å². The number of nitrogens with zero attached hydrogens (tertiary/aromatic N) is 1. The van der Waals surface area contributed by atoms with Crippen LogP contribution >= 0.6 is 0 Å². The van der Waals surface area contributed by atoms with E-state index < -0.39 is 16.1 Å². The molecule has 0 unspecified atom stereocenters. The lowest BCUT2D eigenvalue weighted by atomic mass is 10.1. The van der Waals surface area contributed by atoms with Crippen LogP contribution in [0.15, 0.2) is 53.4 Å². The van der Waals surface area contributed by atoms with Crippen molar-refractivity contribution >= 4 is 27.3 Å². The van der Waals surface area contributed by atoms with Crippen molar-refractivity contribution in [3.05, 3.63) is 54.1 Å². The molecule has 0 spiro atoms. The average Bonchev–Trinajstić information content (AvgIpc) is 2.62. The van der Waals surface area contributed by atoms with Crippen molar-refractivity contribution in [2.45, 2.75) is 31.2 Å². The molecule has 2 rings (SSSR count). The fourth-order valence-electron chi connectivity index (χ4n) is 2.35. The van der Waals surface area contributed by atoms with Gasteiger partial charge in [-0.15, -0.1) is 0 Å². The molecule has 0 radical (unpaired) electrons. The van der Waals surface area contributed by atoms with Crippen LogP contribution in [0, 0.1) is 0 Å². The number of hydrogen-bond acceptors (Lipinski definition) is 4. The first-order chi connectivity index (χ1) is 12.2. The Balaban J connectivity index is 2.06. The Bertz CT molecular complexity index is 862. The Morgan fingerprint density at radius 1 is 1.08 bits per heavy atom. The molecule has 26 heavy (non-hydrogen) atoms. The van der Waals surface area contributed by atoms with Crippen molar-refractivity contribution in [1.29, 1.82) is 0 Å². The van der Waals surface area contributed by atoms with Gasteiger partial charge in [-0.2, -0.15) is 0 Å². The summed E-state index contributed by atoms with van der Waals surface area (Å²) in [5.41, 5.74) is 2.52. The molecule has 0 aliphatic carbocycles. The maximum atomic E-state index is 12.4. The number of sulfonamides is 1. The Labute approximate surface area is 155 Å². The van der Waals surface area contributed by atoms with E-state index in [-0.39, 0.29) is 10.8 Å². The number of benzene rings is 2. The van der Waals surface area contributed by atoms with Gasteiger partial charge in [-0.1, -0.05) is 25.1 Å². The summed E-state index contributed by atoms with van der Waals surface area (Å²) >= 11 is 0. The van der Waals surface area contributed by atoms with Gasteiger partial charge in [-0.25, -0.2) is 12.7 Å². The fraction of sp³-hybridized carbons (Fsp3) is 0.316. The van der Waals surface area contributed by atoms with E-state index in [1.165, 1.54) is 31.8 Å². The normalized spacial score (nSPS) is 12.7. The second kappa shape index (κ2) is 8.33. The molecule has 0 aliphatic heterocycles. The smallest absolute Gasteiger partial charge is 0.246 e. The van der Waals surface area contributed by atoms with E-state index in [4.69, 9.17) is 0 Å². The van der Waals surface area contributed by atoms with Crippen LogP contribution in [-0.4, -0.2) is 38.8 Å². The van der Waals surface area contributed by atoms with E-state index in [1.54, 1.807) is 19.1 Å². The van der Waals surface area contributed by atoms with Crippen LogP contribution in [0.3, 0.4) is 0 Å². The van der Waals surface area contributed by atoms with Crippen molar-refractivity contribution in [3.63, 3.8) is 0 Å². The molecule has 2 aromatic carbocycles. The SMILES string of the molecule is CCc1ccc(N[C@@H](C)C(=O)Nc2cccc(S(=O)(=O)N(C)C)c2)cc1. The van der Waals surface area contributed by atoms with Crippen molar-refractivity contribution in [2.24, 2.45) is 0 Å². The van der Waals surface area contributed by atoms with Crippen LogP contribution in [0.4, 0.5) is 11.4 Å². The van der Waals surface area contributed by atoms with E-state index in [1.807, 2.05) is 24.3 Å². The Morgan fingerprint density at radius 2 is 1.73 bits per heavy atom. The molecule has 0 saturated carbocycles. The number of hydrogen-bond donors (Lipinski definition) is 2. The summed E-state index contributed by atoms with van der Waals surface area (Å²) in [5, 5.41) is 5.89. The zero-order valence-corrected chi connectivity index (χ0v) is 16.3. The molecular weight excluding hydrogens is 350 g/mol. The van der Waals surface area contributed by atoms with Gasteiger partial charge in [-0.05, 0) is 49.2 Å². The molecule has 0 aromatic heterocycles. The first kappa shape index (κ1) is 19.9. The summed E-state index contributed by atoms with van der Waals surface area (Å²) in [6.45, 7) is 3.84. The van der Waals surface area contributed by atoms with Gasteiger partial charge in [0, 0.05) is 25.5 Å². The van der Waals surface area contributed by atoms with Gasteiger partial charge in [0.05, 0.1) is 4.90 Å². The summed E-state index contributed by atoms with van der Waals surface area (Å²) in [6.07, 6.45) is 0.961. The minimum Gasteiger partial charge on any atom is -0.374 e. The van der Waals surface area contributed by atoms with Gasteiger partial charge in [0.15, 0.2) is 0 Å². The highest BCUT2D eigenvalue weighted by Gasteiger charge is 2.18. The molecule has 2 aromatic rings. The topological polar surface area (TPSA) is 78.5 Å². The van der Waals surface area contributed by atoms with E-state index in [2.05, 4.69) is 17.6 Å². The first-order valence-corrected chi connectivity index (χ1v) is 9.87. The van der Waals surface area contributed by atoms with Crippen LogP contribution in [0.25, 0.3) is 0 Å². The summed E-state index contributed by atoms with van der Waals surface area (Å²) < 4.78 is 25.5. The van der Waals surface area contributed by atoms with Crippen molar-refractivity contribution < 1.29 is 13.2 Å². The zero-order valence-electron chi connectivity index (χ0n) is 15.5. The van der Waals surface area contributed by atoms with Gasteiger partial charge in [0.2, 0.25) is 15.9 Å². The predicted molar refractivity (Wildman–Crippen MR) is 105 cm³/mol. The van der Waals surface area contributed by atoms with Gasteiger partial charge in [0.1, 0.15) is 6.04 Å². The summed E-state index contributed by atoms with van der Waals surface area (Å²) in [4.78, 5) is 12.5. The lowest BCUT2D eigenvalue weighted by molar-refractivity contribution is -0.116. The number of rotatable bonds is 7. The highest BCUT2D eigenvalue weighted by Crippen LogP contribution is 2.18. The second-order valence-electron chi connectivity index (χ2n) is 6.22. The van der Waals surface area contributed by atoms with E-state index in [9.17, 15) is 13.2 Å². The van der Waals surface area contributed by atoms with Crippen LogP contribution < -0.4 is 10.6 Å². The molecule has 6 nitrogen and oxygen atoms in total. The molecular formula is C19H25N3O3S. The zero-order chi connectivity index (χ0) is 19.3. The standard InChI is InChI=1S/C19H25N3O3S/c1-5-15-9-11-16(12-10-15)20-14(2)19(23)21-17-7-6-8-18(13-17)26(24,25)22(3)4/h6-14,20H,5H2,1-4H3,(H,21,23)/t14-/m0/s1. The molecule has 2 N–H and O–H groups in total. The third-order valence-corrected chi connectivity index (χ3v) is 5.83. The minimum atomic E-state index is -3.54. The second-order valence-corrected chi connectivity index (χ2v) is 8.37. The highest BCUT2D eigenvalue weighted by atomic mass is 32.2. The summed E-state index contributed by atoms with van der Waals surface area (Å²) in [5.74, 6) is -0.246. The van der Waals surface area contributed by atoms with Gasteiger partial charge < -0.3 is 10.6 Å². The molecule has 0 aliphatic rings. The number of nitrogens with one attached hydrogen (secondary N) is 2. The average molecular weight is 375 g/mol. The predicted octanol–water partition coefficient (Wildman–Crippen LogP) is 2.94. The van der Waals surface area contributed by atoms with Crippen molar-refractivity contribution in [2.75, 3.05) is 24.7 Å².